The van der Waals surface area contributed by atoms with Crippen LogP contribution in [0.25, 0.3) is 0 Å². The van der Waals surface area contributed by atoms with Crippen LogP contribution < -0.4 is 5.73 Å². The zero-order chi connectivity index (χ0) is 13.1. The molecule has 98 valence electrons. The predicted molar refractivity (Wildman–Crippen MR) is 69.5 cm³/mol. The van der Waals surface area contributed by atoms with E-state index in [0.717, 1.165) is 18.9 Å². The molecule has 5 heteroatoms. The Labute approximate surface area is 104 Å². The molecule has 0 aliphatic carbocycles. The van der Waals surface area contributed by atoms with Crippen molar-refractivity contribution >= 4 is 0 Å². The quantitative estimate of drug-likeness (QED) is 0.807. The van der Waals surface area contributed by atoms with Crippen molar-refractivity contribution in [3.63, 3.8) is 0 Å². The van der Waals surface area contributed by atoms with Crippen LogP contribution in [0.2, 0.25) is 0 Å². The Balaban J connectivity index is 2.72. The molecule has 0 aromatic carbocycles. The minimum Gasteiger partial charge on any atom is -0.329 e. The lowest BCUT2D eigenvalue weighted by atomic mass is 10.0. The topological polar surface area (TPSA) is 60.0 Å². The van der Waals surface area contributed by atoms with Crippen LogP contribution in [0.3, 0.4) is 0 Å². The summed E-state index contributed by atoms with van der Waals surface area (Å²) in [6.07, 6.45) is 1.63. The van der Waals surface area contributed by atoms with Gasteiger partial charge < -0.3 is 5.73 Å². The lowest BCUT2D eigenvalue weighted by Gasteiger charge is -2.34. The molecule has 0 bridgehead atoms. The summed E-state index contributed by atoms with van der Waals surface area (Å²) in [5, 5.41) is 4.26. The van der Waals surface area contributed by atoms with Crippen LogP contribution in [-0.4, -0.2) is 38.8 Å². The molecule has 2 N–H and O–H groups in total. The molecule has 0 spiro atoms. The van der Waals surface area contributed by atoms with Crippen molar-refractivity contribution in [3.8, 4) is 0 Å². The molecule has 0 saturated carbocycles. The van der Waals surface area contributed by atoms with E-state index in [1.165, 1.54) is 0 Å². The highest BCUT2D eigenvalue weighted by Gasteiger charge is 2.23. The summed E-state index contributed by atoms with van der Waals surface area (Å²) in [6.45, 7) is 10.9. The van der Waals surface area contributed by atoms with Gasteiger partial charge in [-0.3, -0.25) is 4.90 Å². The molecule has 0 saturated heterocycles. The Morgan fingerprint density at radius 1 is 1.47 bits per heavy atom. The van der Waals surface area contributed by atoms with Crippen molar-refractivity contribution in [2.75, 3.05) is 13.6 Å². The highest BCUT2D eigenvalue weighted by molar-refractivity contribution is 4.89. The SMILES string of the molecule is CC(C)Cn1ncnc1CN(C)C(C)(C)CN. The maximum absolute atomic E-state index is 5.77. The average Bonchev–Trinajstić information content (AvgIpc) is 2.64. The molecule has 0 radical (unpaired) electrons. The number of aromatic nitrogens is 3. The van der Waals surface area contributed by atoms with Crippen LogP contribution in [0.1, 0.15) is 33.5 Å². The van der Waals surface area contributed by atoms with Crippen LogP contribution in [0.5, 0.6) is 0 Å². The molecule has 0 fully saturated rings. The van der Waals surface area contributed by atoms with Crippen molar-refractivity contribution < 1.29 is 0 Å². The minimum absolute atomic E-state index is 0.0192. The molecular formula is C12H25N5. The fourth-order valence-corrected chi connectivity index (χ4v) is 1.49. The van der Waals surface area contributed by atoms with Gasteiger partial charge in [-0.05, 0) is 26.8 Å². The first kappa shape index (κ1) is 14.1. The maximum Gasteiger partial charge on any atom is 0.141 e. The molecular weight excluding hydrogens is 214 g/mol. The molecule has 0 aliphatic heterocycles. The van der Waals surface area contributed by atoms with Gasteiger partial charge in [0.15, 0.2) is 0 Å². The second-order valence-corrected chi connectivity index (χ2v) is 5.62. The fraction of sp³-hybridized carbons (Fsp3) is 0.833. The first-order chi connectivity index (χ1) is 7.86. The van der Waals surface area contributed by atoms with Gasteiger partial charge in [-0.1, -0.05) is 13.8 Å². The Kier molecular flexibility index (Phi) is 4.65. The van der Waals surface area contributed by atoms with Crippen LogP contribution in [-0.2, 0) is 13.1 Å². The third-order valence-electron chi connectivity index (χ3n) is 3.15. The monoisotopic (exact) mass is 239 g/mol. The van der Waals surface area contributed by atoms with Crippen LogP contribution in [0.15, 0.2) is 6.33 Å². The standard InChI is InChI=1S/C12H25N5/c1-10(2)6-17-11(14-9-15-17)7-16(5)12(3,4)8-13/h9-10H,6-8,13H2,1-5H3. The van der Waals surface area contributed by atoms with Gasteiger partial charge >= 0.3 is 0 Å². The number of rotatable bonds is 6. The lowest BCUT2D eigenvalue weighted by Crippen LogP contribution is -2.46. The molecule has 17 heavy (non-hydrogen) atoms. The second-order valence-electron chi connectivity index (χ2n) is 5.62. The summed E-state index contributed by atoms with van der Waals surface area (Å²) in [5.74, 6) is 1.57. The number of likely N-dealkylation sites (N-methyl/N-ethyl adjacent to an activating group) is 1. The van der Waals surface area contributed by atoms with E-state index in [-0.39, 0.29) is 5.54 Å². The van der Waals surface area contributed by atoms with E-state index in [9.17, 15) is 0 Å². The zero-order valence-electron chi connectivity index (χ0n) is 11.6. The molecule has 1 rings (SSSR count). The third-order valence-corrected chi connectivity index (χ3v) is 3.15. The van der Waals surface area contributed by atoms with Crippen LogP contribution >= 0.6 is 0 Å². The van der Waals surface area contributed by atoms with Crippen molar-refractivity contribution in [2.45, 2.75) is 46.3 Å². The second kappa shape index (κ2) is 5.60. The summed E-state index contributed by atoms with van der Waals surface area (Å²) in [5.41, 5.74) is 5.75. The normalized spacial score (nSPS) is 12.7. The van der Waals surface area contributed by atoms with Gasteiger partial charge in [-0.2, -0.15) is 5.10 Å². The zero-order valence-corrected chi connectivity index (χ0v) is 11.6. The largest absolute Gasteiger partial charge is 0.329 e. The van der Waals surface area contributed by atoms with E-state index in [2.05, 4.69) is 49.7 Å². The van der Waals surface area contributed by atoms with Crippen LogP contribution in [0, 0.1) is 5.92 Å². The van der Waals surface area contributed by atoms with E-state index < -0.39 is 0 Å². The molecule has 0 amide bonds. The Bertz CT molecular complexity index is 342. The van der Waals surface area contributed by atoms with E-state index in [4.69, 9.17) is 5.73 Å². The first-order valence-corrected chi connectivity index (χ1v) is 6.15. The summed E-state index contributed by atoms with van der Waals surface area (Å²) >= 11 is 0. The summed E-state index contributed by atoms with van der Waals surface area (Å²) in [4.78, 5) is 6.54. The van der Waals surface area contributed by atoms with E-state index >= 15 is 0 Å². The van der Waals surface area contributed by atoms with Crippen molar-refractivity contribution in [1.29, 1.82) is 0 Å². The predicted octanol–water partition coefficient (Wildman–Crippen LogP) is 1.10. The summed E-state index contributed by atoms with van der Waals surface area (Å²) < 4.78 is 1.98. The molecule has 0 aliphatic rings. The van der Waals surface area contributed by atoms with Crippen molar-refractivity contribution in [1.82, 2.24) is 19.7 Å². The highest BCUT2D eigenvalue weighted by Crippen LogP contribution is 2.13. The average molecular weight is 239 g/mol. The minimum atomic E-state index is -0.0192. The van der Waals surface area contributed by atoms with Crippen molar-refractivity contribution in [2.24, 2.45) is 11.7 Å². The fourth-order valence-electron chi connectivity index (χ4n) is 1.49. The van der Waals surface area contributed by atoms with Gasteiger partial charge in [0.05, 0.1) is 6.54 Å². The summed E-state index contributed by atoms with van der Waals surface area (Å²) in [6, 6.07) is 0. The van der Waals surface area contributed by atoms with Gasteiger partial charge in [-0.15, -0.1) is 0 Å². The van der Waals surface area contributed by atoms with Crippen LogP contribution in [0.4, 0.5) is 0 Å². The van der Waals surface area contributed by atoms with Crippen molar-refractivity contribution in [3.05, 3.63) is 12.2 Å². The number of nitrogens with two attached hydrogens (primary N) is 1. The number of hydrogen-bond acceptors (Lipinski definition) is 4. The molecule has 1 heterocycles. The third kappa shape index (κ3) is 3.78. The number of hydrogen-bond donors (Lipinski definition) is 1. The molecule has 1 aromatic heterocycles. The Morgan fingerprint density at radius 3 is 2.65 bits per heavy atom. The van der Waals surface area contributed by atoms with E-state index in [1.54, 1.807) is 6.33 Å². The van der Waals surface area contributed by atoms with Gasteiger partial charge in [0.2, 0.25) is 0 Å². The van der Waals surface area contributed by atoms with Gasteiger partial charge in [0.1, 0.15) is 12.2 Å². The molecule has 0 unspecified atom stereocenters. The molecule has 0 atom stereocenters. The molecule has 5 nitrogen and oxygen atoms in total. The Hall–Kier alpha value is -0.940. The van der Waals surface area contributed by atoms with Gasteiger partial charge in [-0.25, -0.2) is 9.67 Å². The van der Waals surface area contributed by atoms with E-state index in [0.29, 0.717) is 12.5 Å². The van der Waals surface area contributed by atoms with Gasteiger partial charge in [0.25, 0.3) is 0 Å². The smallest absolute Gasteiger partial charge is 0.141 e. The maximum atomic E-state index is 5.77. The number of nitrogens with zero attached hydrogens (tertiary/aromatic N) is 4. The highest BCUT2D eigenvalue weighted by atomic mass is 15.4. The first-order valence-electron chi connectivity index (χ1n) is 6.15. The summed E-state index contributed by atoms with van der Waals surface area (Å²) in [7, 11) is 2.07. The Morgan fingerprint density at radius 2 is 2.12 bits per heavy atom. The molecule has 1 aromatic rings. The van der Waals surface area contributed by atoms with Gasteiger partial charge in [0, 0.05) is 18.6 Å². The van der Waals surface area contributed by atoms with E-state index in [1.807, 2.05) is 4.68 Å². The lowest BCUT2D eigenvalue weighted by molar-refractivity contribution is 0.149.